The molecular weight excluding hydrogens is 352 g/mol. The number of non-ortho nitro benzene ring substituents is 1. The van der Waals surface area contributed by atoms with E-state index in [1.807, 2.05) is 24.3 Å². The number of piperazine rings is 1. The molecule has 1 saturated heterocycles. The van der Waals surface area contributed by atoms with Gasteiger partial charge in [-0.15, -0.1) is 0 Å². The molecule has 0 saturated carbocycles. The number of anilines is 1. The number of nitro benzene ring substituents is 1. The van der Waals surface area contributed by atoms with Crippen LogP contribution in [0.2, 0.25) is 0 Å². The molecule has 1 fully saturated rings. The Morgan fingerprint density at radius 3 is 2.54 bits per heavy atom. The Kier molecular flexibility index (Phi) is 5.30. The van der Waals surface area contributed by atoms with E-state index < -0.39 is 0 Å². The normalized spacial score (nSPS) is 15.4. The predicted molar refractivity (Wildman–Crippen MR) is 113 cm³/mol. The van der Waals surface area contributed by atoms with Crippen molar-refractivity contribution in [1.29, 1.82) is 0 Å². The summed E-state index contributed by atoms with van der Waals surface area (Å²) in [6, 6.07) is 17.2. The van der Waals surface area contributed by atoms with Gasteiger partial charge in [0, 0.05) is 45.0 Å². The minimum atomic E-state index is -0.342. The van der Waals surface area contributed by atoms with Crippen LogP contribution in [0.15, 0.2) is 66.9 Å². The smallest absolute Gasteiger partial charge is 0.278 e. The van der Waals surface area contributed by atoms with Crippen LogP contribution >= 0.6 is 0 Å². The van der Waals surface area contributed by atoms with Gasteiger partial charge >= 0.3 is 0 Å². The third-order valence-electron chi connectivity index (χ3n) is 5.11. The summed E-state index contributed by atoms with van der Waals surface area (Å²) in [6.45, 7) is 4.57. The van der Waals surface area contributed by atoms with E-state index in [4.69, 9.17) is 0 Å². The van der Waals surface area contributed by atoms with E-state index in [1.54, 1.807) is 24.4 Å². The molecule has 2 aromatic carbocycles. The van der Waals surface area contributed by atoms with Gasteiger partial charge in [0.1, 0.15) is 5.52 Å². The maximum Gasteiger partial charge on any atom is 0.278 e. The van der Waals surface area contributed by atoms with Crippen molar-refractivity contribution >= 4 is 28.4 Å². The van der Waals surface area contributed by atoms with Gasteiger partial charge in [-0.3, -0.25) is 20.0 Å². The van der Waals surface area contributed by atoms with E-state index >= 15 is 0 Å². The minimum Gasteiger partial charge on any atom is -0.367 e. The number of hydrogen-bond acceptors (Lipinski definition) is 5. The molecule has 6 heteroatoms. The molecule has 2 heterocycles. The highest BCUT2D eigenvalue weighted by Crippen LogP contribution is 2.32. The summed E-state index contributed by atoms with van der Waals surface area (Å²) in [5.74, 6) is 0. The molecule has 6 nitrogen and oxygen atoms in total. The zero-order chi connectivity index (χ0) is 19.3. The lowest BCUT2D eigenvalue weighted by atomic mass is 10.1. The fourth-order valence-electron chi connectivity index (χ4n) is 3.63. The van der Waals surface area contributed by atoms with E-state index in [-0.39, 0.29) is 10.6 Å². The fraction of sp³-hybridized carbons (Fsp3) is 0.227. The van der Waals surface area contributed by atoms with Gasteiger partial charge in [-0.25, -0.2) is 0 Å². The number of nitro groups is 1. The molecule has 28 heavy (non-hydrogen) atoms. The van der Waals surface area contributed by atoms with Crippen molar-refractivity contribution < 1.29 is 4.92 Å². The van der Waals surface area contributed by atoms with E-state index in [1.165, 1.54) is 5.56 Å². The average molecular weight is 374 g/mol. The number of aromatic nitrogens is 1. The molecule has 0 bridgehead atoms. The number of hydrogen-bond donors (Lipinski definition) is 0. The number of nitrogens with zero attached hydrogens (tertiary/aromatic N) is 4. The first-order valence-corrected chi connectivity index (χ1v) is 9.43. The van der Waals surface area contributed by atoms with E-state index in [0.29, 0.717) is 10.9 Å². The van der Waals surface area contributed by atoms with Gasteiger partial charge in [-0.1, -0.05) is 42.5 Å². The maximum atomic E-state index is 11.3. The summed E-state index contributed by atoms with van der Waals surface area (Å²) in [5.41, 5.74) is 3.00. The third kappa shape index (κ3) is 3.87. The van der Waals surface area contributed by atoms with Crippen molar-refractivity contribution in [2.45, 2.75) is 0 Å². The van der Waals surface area contributed by atoms with Crippen LogP contribution in [0.1, 0.15) is 5.56 Å². The number of pyridine rings is 1. The Hall–Kier alpha value is -3.25. The SMILES string of the molecule is O=[N+]([O-])c1ccc(N2CCN(C/C=C/c3ccccc3)CC2)c2ncccc12. The van der Waals surface area contributed by atoms with E-state index in [2.05, 4.69) is 39.1 Å². The van der Waals surface area contributed by atoms with Gasteiger partial charge in [0.2, 0.25) is 0 Å². The minimum absolute atomic E-state index is 0.108. The van der Waals surface area contributed by atoms with Crippen LogP contribution < -0.4 is 4.90 Å². The van der Waals surface area contributed by atoms with Crippen LogP contribution in [0.25, 0.3) is 17.0 Å². The van der Waals surface area contributed by atoms with Crippen molar-refractivity contribution in [2.24, 2.45) is 0 Å². The molecule has 1 aliphatic heterocycles. The van der Waals surface area contributed by atoms with Crippen molar-refractivity contribution in [1.82, 2.24) is 9.88 Å². The first kappa shape index (κ1) is 18.1. The summed E-state index contributed by atoms with van der Waals surface area (Å²) in [4.78, 5) is 20.1. The Morgan fingerprint density at radius 2 is 1.79 bits per heavy atom. The van der Waals surface area contributed by atoms with E-state index in [9.17, 15) is 10.1 Å². The Morgan fingerprint density at radius 1 is 1.00 bits per heavy atom. The molecule has 0 N–H and O–H groups in total. The zero-order valence-corrected chi connectivity index (χ0v) is 15.6. The first-order chi connectivity index (χ1) is 13.7. The van der Waals surface area contributed by atoms with Gasteiger partial charge in [0.25, 0.3) is 5.69 Å². The van der Waals surface area contributed by atoms with Crippen LogP contribution in [0.4, 0.5) is 11.4 Å². The predicted octanol–water partition coefficient (Wildman–Crippen LogP) is 3.98. The van der Waals surface area contributed by atoms with Crippen LogP contribution in [0.5, 0.6) is 0 Å². The van der Waals surface area contributed by atoms with Crippen LogP contribution in [0.3, 0.4) is 0 Å². The van der Waals surface area contributed by atoms with Crippen molar-refractivity contribution in [3.8, 4) is 0 Å². The number of rotatable bonds is 5. The Bertz CT molecular complexity index is 996. The molecule has 0 radical (unpaired) electrons. The molecule has 1 aliphatic rings. The van der Waals surface area contributed by atoms with Crippen molar-refractivity contribution in [3.05, 3.63) is 82.5 Å². The van der Waals surface area contributed by atoms with Gasteiger partial charge < -0.3 is 4.90 Å². The Labute approximate surface area is 163 Å². The summed E-state index contributed by atoms with van der Waals surface area (Å²) < 4.78 is 0. The standard InChI is InChI=1S/C22H22N4O2/c27-26(28)20-10-11-21(22-19(20)9-4-12-23-22)25-16-14-24(15-17-25)13-5-8-18-6-2-1-3-7-18/h1-12H,13-17H2/b8-5+. The monoisotopic (exact) mass is 374 g/mol. The molecule has 0 unspecified atom stereocenters. The molecule has 1 aromatic heterocycles. The molecule has 3 aromatic rings. The highest BCUT2D eigenvalue weighted by molar-refractivity contribution is 5.97. The first-order valence-electron chi connectivity index (χ1n) is 9.43. The summed E-state index contributed by atoms with van der Waals surface area (Å²) in [7, 11) is 0. The van der Waals surface area contributed by atoms with Crippen LogP contribution in [-0.4, -0.2) is 47.5 Å². The topological polar surface area (TPSA) is 62.5 Å². The molecule has 0 spiro atoms. The molecule has 0 aliphatic carbocycles. The quantitative estimate of drug-likeness (QED) is 0.499. The fourth-order valence-corrected chi connectivity index (χ4v) is 3.63. The summed E-state index contributed by atoms with van der Waals surface area (Å²) in [5, 5.41) is 11.9. The number of fused-ring (bicyclic) bond motifs is 1. The maximum absolute atomic E-state index is 11.3. The molecule has 4 rings (SSSR count). The lowest BCUT2D eigenvalue weighted by Crippen LogP contribution is -2.46. The van der Waals surface area contributed by atoms with Gasteiger partial charge in [0.15, 0.2) is 0 Å². The second-order valence-corrected chi connectivity index (χ2v) is 6.86. The second-order valence-electron chi connectivity index (χ2n) is 6.86. The highest BCUT2D eigenvalue weighted by Gasteiger charge is 2.21. The zero-order valence-electron chi connectivity index (χ0n) is 15.6. The lowest BCUT2D eigenvalue weighted by Gasteiger charge is -2.35. The molecule has 0 amide bonds. The molecular formula is C22H22N4O2. The van der Waals surface area contributed by atoms with Crippen LogP contribution in [0, 0.1) is 10.1 Å². The largest absolute Gasteiger partial charge is 0.367 e. The van der Waals surface area contributed by atoms with Crippen molar-refractivity contribution in [3.63, 3.8) is 0 Å². The van der Waals surface area contributed by atoms with Gasteiger partial charge in [-0.05, 0) is 23.8 Å². The molecule has 0 atom stereocenters. The van der Waals surface area contributed by atoms with Crippen molar-refractivity contribution in [2.75, 3.05) is 37.6 Å². The average Bonchev–Trinajstić information content (AvgIpc) is 2.74. The van der Waals surface area contributed by atoms with E-state index in [0.717, 1.165) is 38.4 Å². The molecule has 142 valence electrons. The van der Waals surface area contributed by atoms with Crippen LogP contribution in [-0.2, 0) is 0 Å². The van der Waals surface area contributed by atoms with Gasteiger partial charge in [-0.2, -0.15) is 0 Å². The number of benzene rings is 2. The van der Waals surface area contributed by atoms with Gasteiger partial charge in [0.05, 0.1) is 16.0 Å². The Balaban J connectivity index is 1.43. The third-order valence-corrected chi connectivity index (χ3v) is 5.11. The highest BCUT2D eigenvalue weighted by atomic mass is 16.6. The summed E-state index contributed by atoms with van der Waals surface area (Å²) >= 11 is 0. The second kappa shape index (κ2) is 8.19. The summed E-state index contributed by atoms with van der Waals surface area (Å²) in [6.07, 6.45) is 6.05. The lowest BCUT2D eigenvalue weighted by molar-refractivity contribution is -0.383.